The number of sulfonamides is 1. The number of anilines is 1. The second-order valence-electron chi connectivity index (χ2n) is 8.03. The molecule has 0 bridgehead atoms. The van der Waals surface area contributed by atoms with Gasteiger partial charge in [-0.05, 0) is 62.3 Å². The highest BCUT2D eigenvalue weighted by atomic mass is 32.2. The van der Waals surface area contributed by atoms with E-state index in [9.17, 15) is 17.6 Å². The van der Waals surface area contributed by atoms with E-state index in [-0.39, 0.29) is 6.42 Å². The maximum Gasteiger partial charge on any atom is 0.244 e. The van der Waals surface area contributed by atoms with Gasteiger partial charge < -0.3 is 10.2 Å². The third-order valence-electron chi connectivity index (χ3n) is 5.09. The molecule has 0 aromatic heterocycles. The molecule has 0 spiro atoms. The van der Waals surface area contributed by atoms with Gasteiger partial charge in [0.05, 0.1) is 0 Å². The highest BCUT2D eigenvalue weighted by Gasteiger charge is 2.28. The third-order valence-corrected chi connectivity index (χ3v) is 6.60. The van der Waals surface area contributed by atoms with Crippen molar-refractivity contribution in [1.82, 2.24) is 9.62 Å². The maximum atomic E-state index is 14.1. The van der Waals surface area contributed by atoms with Crippen LogP contribution in [0.3, 0.4) is 0 Å². The molecule has 1 atom stereocenters. The SMILES string of the molecule is CN(C)CCc1ccc(NC(=O)[C@H](Cc2ccccc2)NS(=O)(=O)c2ccccc2F)cc1. The number of carbonyl (C=O) groups is 1. The fraction of sp³-hybridized carbons (Fsp3) is 0.240. The molecule has 1 amide bonds. The number of rotatable bonds is 10. The zero-order chi connectivity index (χ0) is 23.8. The minimum atomic E-state index is -4.26. The van der Waals surface area contributed by atoms with Gasteiger partial charge in [0, 0.05) is 12.2 Å². The first-order chi connectivity index (χ1) is 15.7. The minimum absolute atomic E-state index is 0.112. The van der Waals surface area contributed by atoms with Gasteiger partial charge in [-0.1, -0.05) is 54.6 Å². The summed E-state index contributed by atoms with van der Waals surface area (Å²) in [5.74, 6) is -1.41. The van der Waals surface area contributed by atoms with Crippen molar-refractivity contribution in [2.24, 2.45) is 0 Å². The molecule has 0 saturated heterocycles. The number of halogens is 1. The molecular formula is C25H28FN3O3S. The fourth-order valence-corrected chi connectivity index (χ4v) is 4.56. The number of hydrogen-bond donors (Lipinski definition) is 2. The van der Waals surface area contributed by atoms with Crippen LogP contribution in [0.2, 0.25) is 0 Å². The molecule has 33 heavy (non-hydrogen) atoms. The van der Waals surface area contributed by atoms with Crippen molar-refractivity contribution in [1.29, 1.82) is 0 Å². The van der Waals surface area contributed by atoms with Crippen LogP contribution in [0.15, 0.2) is 83.8 Å². The number of nitrogens with one attached hydrogen (secondary N) is 2. The zero-order valence-electron chi connectivity index (χ0n) is 18.7. The summed E-state index contributed by atoms with van der Waals surface area (Å²) in [5, 5.41) is 2.77. The lowest BCUT2D eigenvalue weighted by molar-refractivity contribution is -0.117. The molecule has 3 aromatic carbocycles. The summed E-state index contributed by atoms with van der Waals surface area (Å²) >= 11 is 0. The van der Waals surface area contributed by atoms with E-state index in [0.717, 1.165) is 30.2 Å². The Balaban J connectivity index is 1.79. The van der Waals surface area contributed by atoms with Crippen molar-refractivity contribution in [3.8, 4) is 0 Å². The van der Waals surface area contributed by atoms with E-state index in [0.29, 0.717) is 5.69 Å². The van der Waals surface area contributed by atoms with Gasteiger partial charge in [0.1, 0.15) is 16.8 Å². The molecule has 2 N–H and O–H groups in total. The maximum absolute atomic E-state index is 14.1. The van der Waals surface area contributed by atoms with Crippen LogP contribution in [0.1, 0.15) is 11.1 Å². The van der Waals surface area contributed by atoms with Crippen molar-refractivity contribution >= 4 is 21.6 Å². The van der Waals surface area contributed by atoms with Crippen LogP contribution in [0.25, 0.3) is 0 Å². The highest BCUT2D eigenvalue weighted by Crippen LogP contribution is 2.16. The van der Waals surface area contributed by atoms with Crippen LogP contribution in [-0.4, -0.2) is 45.9 Å². The van der Waals surface area contributed by atoms with E-state index in [1.54, 1.807) is 24.3 Å². The summed E-state index contributed by atoms with van der Waals surface area (Å²) in [4.78, 5) is 14.7. The Hall–Kier alpha value is -3.07. The quantitative estimate of drug-likeness (QED) is 0.477. The molecule has 3 aromatic rings. The molecule has 0 aliphatic rings. The van der Waals surface area contributed by atoms with Crippen LogP contribution in [0.4, 0.5) is 10.1 Å². The molecular weight excluding hydrogens is 441 g/mol. The first-order valence-corrected chi connectivity index (χ1v) is 12.1. The molecule has 174 valence electrons. The lowest BCUT2D eigenvalue weighted by atomic mass is 10.1. The summed E-state index contributed by atoms with van der Waals surface area (Å²) in [6, 6.07) is 20.4. The monoisotopic (exact) mass is 469 g/mol. The van der Waals surface area contributed by atoms with Gasteiger partial charge in [-0.2, -0.15) is 4.72 Å². The van der Waals surface area contributed by atoms with E-state index in [4.69, 9.17) is 0 Å². The molecule has 0 unspecified atom stereocenters. The summed E-state index contributed by atoms with van der Waals surface area (Å²) in [6.45, 7) is 0.905. The smallest absolute Gasteiger partial charge is 0.244 e. The van der Waals surface area contributed by atoms with Crippen molar-refractivity contribution in [2.45, 2.75) is 23.8 Å². The van der Waals surface area contributed by atoms with E-state index < -0.39 is 32.7 Å². The zero-order valence-corrected chi connectivity index (χ0v) is 19.5. The molecule has 0 heterocycles. The van der Waals surface area contributed by atoms with Crippen LogP contribution in [0, 0.1) is 5.82 Å². The van der Waals surface area contributed by atoms with Gasteiger partial charge in [0.15, 0.2) is 0 Å². The largest absolute Gasteiger partial charge is 0.325 e. The standard InChI is InChI=1S/C25H28FN3O3S/c1-29(2)17-16-19-12-14-21(15-13-19)27-25(30)23(18-20-8-4-3-5-9-20)28-33(31,32)24-11-7-6-10-22(24)26/h3-15,23,28H,16-18H2,1-2H3,(H,27,30)/t23-/m0/s1. The summed E-state index contributed by atoms with van der Waals surface area (Å²) < 4.78 is 42.2. The number of carbonyl (C=O) groups excluding carboxylic acids is 1. The first-order valence-electron chi connectivity index (χ1n) is 10.6. The number of nitrogens with zero attached hydrogens (tertiary/aromatic N) is 1. The number of amides is 1. The number of likely N-dealkylation sites (N-methyl/N-ethyl adjacent to an activating group) is 1. The Morgan fingerprint density at radius 3 is 2.18 bits per heavy atom. The van der Waals surface area contributed by atoms with E-state index in [1.807, 2.05) is 44.4 Å². The van der Waals surface area contributed by atoms with E-state index in [1.165, 1.54) is 18.2 Å². The van der Waals surface area contributed by atoms with Crippen LogP contribution < -0.4 is 10.0 Å². The van der Waals surface area contributed by atoms with Gasteiger partial charge in [-0.3, -0.25) is 4.79 Å². The van der Waals surface area contributed by atoms with Gasteiger partial charge >= 0.3 is 0 Å². The Labute approximate surface area is 194 Å². The van der Waals surface area contributed by atoms with E-state index in [2.05, 4.69) is 14.9 Å². The van der Waals surface area contributed by atoms with Gasteiger partial charge in [-0.15, -0.1) is 0 Å². The Kier molecular flexibility index (Phi) is 8.32. The Morgan fingerprint density at radius 1 is 0.909 bits per heavy atom. The second-order valence-corrected chi connectivity index (χ2v) is 9.72. The average Bonchev–Trinajstić information content (AvgIpc) is 2.79. The summed E-state index contributed by atoms with van der Waals surface area (Å²) in [6.07, 6.45) is 0.988. The minimum Gasteiger partial charge on any atom is -0.325 e. The van der Waals surface area contributed by atoms with Crippen LogP contribution in [-0.2, 0) is 27.7 Å². The molecule has 0 aliphatic carbocycles. The van der Waals surface area contributed by atoms with Crippen molar-refractivity contribution < 1.29 is 17.6 Å². The summed E-state index contributed by atoms with van der Waals surface area (Å²) in [5.41, 5.74) is 2.45. The lowest BCUT2D eigenvalue weighted by Gasteiger charge is -2.19. The number of hydrogen-bond acceptors (Lipinski definition) is 4. The lowest BCUT2D eigenvalue weighted by Crippen LogP contribution is -2.45. The topological polar surface area (TPSA) is 78.5 Å². The number of benzene rings is 3. The Bertz CT molecular complexity index is 1170. The average molecular weight is 470 g/mol. The van der Waals surface area contributed by atoms with Crippen LogP contribution in [0.5, 0.6) is 0 Å². The summed E-state index contributed by atoms with van der Waals surface area (Å²) in [7, 11) is -0.253. The van der Waals surface area contributed by atoms with Gasteiger partial charge in [0.25, 0.3) is 0 Å². The molecule has 0 saturated carbocycles. The second kappa shape index (κ2) is 11.2. The van der Waals surface area contributed by atoms with E-state index >= 15 is 0 Å². The van der Waals surface area contributed by atoms with Crippen LogP contribution >= 0.6 is 0 Å². The molecule has 0 radical (unpaired) electrons. The van der Waals surface area contributed by atoms with Crippen molar-refractivity contribution in [3.63, 3.8) is 0 Å². The highest BCUT2D eigenvalue weighted by molar-refractivity contribution is 7.89. The molecule has 8 heteroatoms. The third kappa shape index (κ3) is 7.21. The van der Waals surface area contributed by atoms with Crippen molar-refractivity contribution in [3.05, 3.63) is 95.8 Å². The molecule has 6 nitrogen and oxygen atoms in total. The molecule has 0 aliphatic heterocycles. The Morgan fingerprint density at radius 2 is 1.55 bits per heavy atom. The predicted molar refractivity (Wildman–Crippen MR) is 128 cm³/mol. The first kappa shape index (κ1) is 24.6. The molecule has 0 fully saturated rings. The molecule has 3 rings (SSSR count). The normalized spacial score (nSPS) is 12.5. The van der Waals surface area contributed by atoms with Gasteiger partial charge in [-0.25, -0.2) is 12.8 Å². The fourth-order valence-electron chi connectivity index (χ4n) is 3.29. The van der Waals surface area contributed by atoms with Crippen molar-refractivity contribution in [2.75, 3.05) is 26.0 Å². The van der Waals surface area contributed by atoms with Gasteiger partial charge in [0.2, 0.25) is 15.9 Å². The predicted octanol–water partition coefficient (Wildman–Crippen LogP) is 3.46.